The number of carbonyl (C=O) groups is 2. The van der Waals surface area contributed by atoms with E-state index in [1.54, 1.807) is 23.1 Å². The molecule has 3 atom stereocenters. The van der Waals surface area contributed by atoms with E-state index < -0.39 is 0 Å². The van der Waals surface area contributed by atoms with Crippen LogP contribution in [0.4, 0.5) is 5.69 Å². The highest BCUT2D eigenvalue weighted by atomic mass is 32.1. The molecular weight excluding hydrogens is 524 g/mol. The van der Waals surface area contributed by atoms with E-state index in [9.17, 15) is 14.7 Å². The second-order valence-corrected chi connectivity index (χ2v) is 11.5. The molecule has 0 aliphatic carbocycles. The molecule has 0 saturated carbocycles. The third kappa shape index (κ3) is 6.01. The number of benzene rings is 3. The summed E-state index contributed by atoms with van der Waals surface area (Å²) in [6.07, 6.45) is -0.283. The number of likely N-dealkylation sites (N-methyl/N-ethyl adjacent to an activating group) is 1. The van der Waals surface area contributed by atoms with E-state index in [1.165, 1.54) is 16.9 Å². The summed E-state index contributed by atoms with van der Waals surface area (Å²) in [6.45, 7) is 5.52. The van der Waals surface area contributed by atoms with Gasteiger partial charge >= 0.3 is 0 Å². The summed E-state index contributed by atoms with van der Waals surface area (Å²) in [7, 11) is 2.04. The van der Waals surface area contributed by atoms with Crippen molar-refractivity contribution >= 4 is 39.1 Å². The Labute approximate surface area is 238 Å². The topological polar surface area (TPSA) is 95.0 Å². The highest BCUT2D eigenvalue weighted by Crippen LogP contribution is 2.35. The van der Waals surface area contributed by atoms with Gasteiger partial charge in [0.15, 0.2) is 10.8 Å². The second-order valence-electron chi connectivity index (χ2n) is 10.4. The van der Waals surface area contributed by atoms with Crippen LogP contribution in [-0.2, 0) is 6.54 Å². The molecule has 0 radical (unpaired) electrons. The second kappa shape index (κ2) is 12.2. The molecule has 1 aromatic heterocycles. The number of hydrogen-bond donors (Lipinski definition) is 2. The van der Waals surface area contributed by atoms with Crippen LogP contribution in [0.2, 0.25) is 0 Å². The fourth-order valence-corrected chi connectivity index (χ4v) is 5.83. The van der Waals surface area contributed by atoms with Crippen LogP contribution in [0.3, 0.4) is 0 Å². The molecule has 9 heteroatoms. The molecule has 1 aliphatic heterocycles. The number of aliphatic hydroxyl groups is 1. The molecule has 0 spiro atoms. The molecule has 208 valence electrons. The fraction of sp³-hybridized carbons (Fsp3) is 0.323. The van der Waals surface area contributed by atoms with Gasteiger partial charge in [0, 0.05) is 25.6 Å². The third-order valence-electron chi connectivity index (χ3n) is 7.21. The zero-order chi connectivity index (χ0) is 28.2. The van der Waals surface area contributed by atoms with Gasteiger partial charge in [0.2, 0.25) is 0 Å². The van der Waals surface area contributed by atoms with E-state index in [1.807, 2.05) is 56.4 Å². The van der Waals surface area contributed by atoms with Gasteiger partial charge in [-0.2, -0.15) is 0 Å². The molecule has 0 fully saturated rings. The van der Waals surface area contributed by atoms with Gasteiger partial charge in [0.1, 0.15) is 6.10 Å². The summed E-state index contributed by atoms with van der Waals surface area (Å²) in [5.74, 6) is -0.311. The quantitative estimate of drug-likeness (QED) is 0.320. The van der Waals surface area contributed by atoms with Crippen LogP contribution in [0.1, 0.15) is 39.6 Å². The Balaban J connectivity index is 1.47. The van der Waals surface area contributed by atoms with Gasteiger partial charge < -0.3 is 20.1 Å². The maximum absolute atomic E-state index is 13.7. The average Bonchev–Trinajstić information content (AvgIpc) is 3.40. The van der Waals surface area contributed by atoms with Crippen molar-refractivity contribution in [3.8, 4) is 5.75 Å². The number of aromatic nitrogens is 1. The first-order valence-corrected chi connectivity index (χ1v) is 14.3. The fourth-order valence-electron chi connectivity index (χ4n) is 4.97. The Morgan fingerprint density at radius 1 is 1.15 bits per heavy atom. The number of rotatable bonds is 8. The molecule has 1 aliphatic rings. The molecule has 2 heterocycles. The highest BCUT2D eigenvalue weighted by molar-refractivity contribution is 7.20. The summed E-state index contributed by atoms with van der Waals surface area (Å²) in [5.41, 5.74) is 2.72. The third-order valence-corrected chi connectivity index (χ3v) is 8.25. The van der Waals surface area contributed by atoms with Gasteiger partial charge in [-0.25, -0.2) is 4.98 Å². The molecule has 2 amide bonds. The Morgan fingerprint density at radius 3 is 2.65 bits per heavy atom. The number of nitrogens with zero attached hydrogens (tertiary/aromatic N) is 3. The number of thiazole rings is 1. The molecule has 8 nitrogen and oxygen atoms in total. The zero-order valence-corrected chi connectivity index (χ0v) is 23.7. The van der Waals surface area contributed by atoms with E-state index >= 15 is 0 Å². The van der Waals surface area contributed by atoms with Crippen LogP contribution in [0, 0.1) is 5.92 Å². The minimum absolute atomic E-state index is 0.0441. The van der Waals surface area contributed by atoms with Crippen molar-refractivity contribution in [3.63, 3.8) is 0 Å². The molecule has 4 aromatic rings. The lowest BCUT2D eigenvalue weighted by Gasteiger charge is -2.38. The first kappa shape index (κ1) is 27.8. The Bertz CT molecular complexity index is 1460. The van der Waals surface area contributed by atoms with Crippen LogP contribution >= 0.6 is 11.3 Å². The highest BCUT2D eigenvalue weighted by Gasteiger charge is 2.34. The lowest BCUT2D eigenvalue weighted by atomic mass is 9.98. The van der Waals surface area contributed by atoms with Crippen LogP contribution in [0.5, 0.6) is 5.75 Å². The van der Waals surface area contributed by atoms with Crippen molar-refractivity contribution in [2.45, 2.75) is 32.5 Å². The molecule has 3 aromatic carbocycles. The molecule has 0 unspecified atom stereocenters. The number of amides is 2. The van der Waals surface area contributed by atoms with Crippen LogP contribution in [0.25, 0.3) is 10.2 Å². The van der Waals surface area contributed by atoms with Crippen LogP contribution in [-0.4, -0.2) is 70.6 Å². The minimum atomic E-state index is -0.371. The number of para-hydroxylation sites is 2. The minimum Gasteiger partial charge on any atom is -0.486 e. The van der Waals surface area contributed by atoms with Gasteiger partial charge in [-0.3, -0.25) is 14.5 Å². The summed E-state index contributed by atoms with van der Waals surface area (Å²) in [4.78, 5) is 35.4. The lowest BCUT2D eigenvalue weighted by Crippen LogP contribution is -2.49. The van der Waals surface area contributed by atoms with Gasteiger partial charge in [0.05, 0.1) is 34.1 Å². The number of carbonyl (C=O) groups excluding carboxylic acids is 2. The largest absolute Gasteiger partial charge is 0.486 e. The normalized spacial score (nSPS) is 18.1. The van der Waals surface area contributed by atoms with Crippen LogP contribution in [0.15, 0.2) is 72.8 Å². The Kier molecular flexibility index (Phi) is 8.44. The Hall–Kier alpha value is -3.79. The molecule has 0 saturated heterocycles. The Morgan fingerprint density at radius 2 is 1.90 bits per heavy atom. The molecular formula is C31H34N4O4S. The van der Waals surface area contributed by atoms with Gasteiger partial charge in [-0.15, -0.1) is 11.3 Å². The summed E-state index contributed by atoms with van der Waals surface area (Å²) >= 11 is 1.31. The molecule has 0 bridgehead atoms. The molecule has 2 N–H and O–H groups in total. The van der Waals surface area contributed by atoms with Gasteiger partial charge in [-0.1, -0.05) is 55.5 Å². The maximum Gasteiger partial charge on any atom is 0.284 e. The summed E-state index contributed by atoms with van der Waals surface area (Å²) < 4.78 is 7.56. The first-order valence-electron chi connectivity index (χ1n) is 13.4. The van der Waals surface area contributed by atoms with Crippen molar-refractivity contribution in [3.05, 3.63) is 88.9 Å². The van der Waals surface area contributed by atoms with Crippen molar-refractivity contribution in [1.29, 1.82) is 0 Å². The predicted octanol–water partition coefficient (Wildman–Crippen LogP) is 4.90. The first-order chi connectivity index (χ1) is 19.3. The van der Waals surface area contributed by atoms with Crippen molar-refractivity contribution in [2.75, 3.05) is 32.1 Å². The number of nitrogens with one attached hydrogen (secondary N) is 1. The van der Waals surface area contributed by atoms with E-state index in [0.717, 1.165) is 16.8 Å². The smallest absolute Gasteiger partial charge is 0.284 e. The average molecular weight is 559 g/mol. The SMILES string of the molecule is C[C@@H]1CN([C@@H](C)CO)C(=O)c2cccc(NC(=O)c3nc4ccccc4s3)c2O[C@@H]1CN(C)Cc1ccccc1. The van der Waals surface area contributed by atoms with Crippen molar-refractivity contribution < 1.29 is 19.4 Å². The number of anilines is 1. The van der Waals surface area contributed by atoms with Gasteiger partial charge in [-0.05, 0) is 43.8 Å². The standard InChI is InChI=1S/C31H34N4O4S/c1-20-16-35(21(2)19-36)31(38)23-12-9-14-25(32-29(37)30-33-24-13-7-8-15-27(24)40-30)28(23)39-26(20)18-34(3)17-22-10-5-4-6-11-22/h4-15,20-21,26,36H,16-19H2,1-3H3,(H,32,37)/t20-,21+,26-/m1/s1. The number of aliphatic hydroxyl groups excluding tert-OH is 1. The van der Waals surface area contributed by atoms with E-state index in [0.29, 0.717) is 35.1 Å². The maximum atomic E-state index is 13.7. The van der Waals surface area contributed by atoms with Crippen LogP contribution < -0.4 is 10.1 Å². The zero-order valence-electron chi connectivity index (χ0n) is 22.9. The number of fused-ring (bicyclic) bond motifs is 2. The monoisotopic (exact) mass is 558 g/mol. The van der Waals surface area contributed by atoms with E-state index in [2.05, 4.69) is 34.3 Å². The number of hydrogen-bond acceptors (Lipinski definition) is 7. The lowest BCUT2D eigenvalue weighted by molar-refractivity contribution is 0.0343. The molecule has 5 rings (SSSR count). The van der Waals surface area contributed by atoms with Crippen molar-refractivity contribution in [1.82, 2.24) is 14.8 Å². The predicted molar refractivity (Wildman–Crippen MR) is 158 cm³/mol. The summed E-state index contributed by atoms with van der Waals surface area (Å²) in [5, 5.41) is 13.2. The van der Waals surface area contributed by atoms with E-state index in [-0.39, 0.29) is 36.5 Å². The number of ether oxygens (including phenoxy) is 1. The summed E-state index contributed by atoms with van der Waals surface area (Å²) in [6, 6.07) is 22.6. The van der Waals surface area contributed by atoms with E-state index in [4.69, 9.17) is 4.74 Å². The molecule has 40 heavy (non-hydrogen) atoms. The van der Waals surface area contributed by atoms with Gasteiger partial charge in [0.25, 0.3) is 11.8 Å². The van der Waals surface area contributed by atoms with Crippen molar-refractivity contribution in [2.24, 2.45) is 5.92 Å².